The number of nitrogens with zero attached hydrogens (tertiary/aromatic N) is 1. The Hall–Kier alpha value is -0.450. The highest BCUT2D eigenvalue weighted by molar-refractivity contribution is 7.09. The molecule has 4 heteroatoms. The quantitative estimate of drug-likeness (QED) is 0.614. The number of aromatic nitrogens is 1. The van der Waals surface area contributed by atoms with Gasteiger partial charge in [-0.1, -0.05) is 0 Å². The molecule has 1 aromatic heterocycles. The van der Waals surface area contributed by atoms with Gasteiger partial charge in [0.25, 0.3) is 0 Å². The second-order valence-electron chi connectivity index (χ2n) is 2.21. The largest absolute Gasteiger partial charge is 0.295 e. The normalized spacial score (nSPS) is 20.0. The van der Waals surface area contributed by atoms with Crippen LogP contribution in [0.5, 0.6) is 0 Å². The molecule has 10 heavy (non-hydrogen) atoms. The molecule has 0 unspecified atom stereocenters. The number of hydrogen-bond donors (Lipinski definition) is 2. The molecule has 1 fully saturated rings. The lowest BCUT2D eigenvalue weighted by Crippen LogP contribution is -2.20. The minimum Gasteiger partial charge on any atom is -0.295 e. The molecule has 2 rings (SSSR count). The van der Waals surface area contributed by atoms with Gasteiger partial charge in [0, 0.05) is 24.7 Å². The summed E-state index contributed by atoms with van der Waals surface area (Å²) < 4.78 is 0. The summed E-state index contributed by atoms with van der Waals surface area (Å²) in [6.45, 7) is 2.09. The molecule has 2 N–H and O–H groups in total. The smallest absolute Gasteiger partial charge is 0.124 e. The van der Waals surface area contributed by atoms with Gasteiger partial charge >= 0.3 is 0 Å². The Morgan fingerprint density at radius 1 is 1.50 bits per heavy atom. The Morgan fingerprint density at radius 2 is 2.30 bits per heavy atom. The van der Waals surface area contributed by atoms with Crippen LogP contribution in [0.25, 0.3) is 0 Å². The fraction of sp³-hybridized carbons (Fsp3) is 0.500. The highest BCUT2D eigenvalue weighted by Crippen LogP contribution is 2.14. The minimum absolute atomic E-state index is 0.306. The summed E-state index contributed by atoms with van der Waals surface area (Å²) in [4.78, 5) is 4.19. The zero-order valence-electron chi connectivity index (χ0n) is 5.50. The molecule has 0 bridgehead atoms. The van der Waals surface area contributed by atoms with E-state index in [0.717, 1.165) is 18.1 Å². The monoisotopic (exact) mass is 155 g/mol. The average Bonchev–Trinajstić information content (AvgIpc) is 2.59. The Morgan fingerprint density at radius 3 is 2.90 bits per heavy atom. The van der Waals surface area contributed by atoms with E-state index >= 15 is 0 Å². The second-order valence-corrected chi connectivity index (χ2v) is 3.14. The number of rotatable bonds is 1. The van der Waals surface area contributed by atoms with Crippen LogP contribution in [-0.2, 0) is 0 Å². The van der Waals surface area contributed by atoms with Crippen LogP contribution >= 0.6 is 11.3 Å². The molecule has 3 nitrogen and oxygen atoms in total. The summed E-state index contributed by atoms with van der Waals surface area (Å²) in [5, 5.41) is 9.73. The van der Waals surface area contributed by atoms with Crippen molar-refractivity contribution in [3.63, 3.8) is 0 Å². The SMILES string of the molecule is c1csc(C2NCCN2)n1. The lowest BCUT2D eigenvalue weighted by molar-refractivity contribution is 0.584. The molecular weight excluding hydrogens is 146 g/mol. The highest BCUT2D eigenvalue weighted by atomic mass is 32.1. The third-order valence-electron chi connectivity index (χ3n) is 1.52. The molecule has 0 amide bonds. The molecule has 1 aromatic rings. The van der Waals surface area contributed by atoms with Crippen molar-refractivity contribution in [2.45, 2.75) is 6.17 Å². The maximum absolute atomic E-state index is 4.19. The van der Waals surface area contributed by atoms with Crippen molar-refractivity contribution in [3.8, 4) is 0 Å². The standard InChI is InChI=1S/C6H9N3S/c1-2-8-5(7-1)6-9-3-4-10-6/h3-5,7-8H,1-2H2. The third-order valence-corrected chi connectivity index (χ3v) is 2.36. The van der Waals surface area contributed by atoms with E-state index < -0.39 is 0 Å². The predicted molar refractivity (Wildman–Crippen MR) is 40.9 cm³/mol. The minimum atomic E-state index is 0.306. The fourth-order valence-corrected chi connectivity index (χ4v) is 1.74. The summed E-state index contributed by atoms with van der Waals surface area (Å²) in [7, 11) is 0. The van der Waals surface area contributed by atoms with Gasteiger partial charge in [-0.05, 0) is 0 Å². The van der Waals surface area contributed by atoms with Crippen LogP contribution in [0.15, 0.2) is 11.6 Å². The van der Waals surface area contributed by atoms with Crippen molar-refractivity contribution >= 4 is 11.3 Å². The molecule has 2 heterocycles. The van der Waals surface area contributed by atoms with Crippen LogP contribution in [0.1, 0.15) is 11.2 Å². The van der Waals surface area contributed by atoms with E-state index in [1.54, 1.807) is 11.3 Å². The first-order chi connectivity index (χ1) is 4.97. The Balaban J connectivity index is 2.12. The molecule has 0 spiro atoms. The van der Waals surface area contributed by atoms with Gasteiger partial charge < -0.3 is 0 Å². The van der Waals surface area contributed by atoms with Crippen molar-refractivity contribution < 1.29 is 0 Å². The van der Waals surface area contributed by atoms with Gasteiger partial charge in [-0.15, -0.1) is 11.3 Å². The van der Waals surface area contributed by atoms with E-state index in [0.29, 0.717) is 6.17 Å². The molecule has 0 aromatic carbocycles. The maximum atomic E-state index is 4.19. The van der Waals surface area contributed by atoms with Gasteiger partial charge in [-0.2, -0.15) is 0 Å². The summed E-state index contributed by atoms with van der Waals surface area (Å²) in [5.41, 5.74) is 0. The van der Waals surface area contributed by atoms with Crippen molar-refractivity contribution in [3.05, 3.63) is 16.6 Å². The van der Waals surface area contributed by atoms with E-state index in [4.69, 9.17) is 0 Å². The highest BCUT2D eigenvalue weighted by Gasteiger charge is 2.16. The van der Waals surface area contributed by atoms with Crippen molar-refractivity contribution in [1.82, 2.24) is 15.6 Å². The van der Waals surface area contributed by atoms with Gasteiger partial charge in [0.05, 0.1) is 0 Å². The lowest BCUT2D eigenvalue weighted by Gasteiger charge is -2.04. The Labute approximate surface area is 63.5 Å². The van der Waals surface area contributed by atoms with E-state index in [1.807, 2.05) is 11.6 Å². The van der Waals surface area contributed by atoms with Crippen LogP contribution in [0, 0.1) is 0 Å². The Bertz CT molecular complexity index is 191. The molecule has 0 aliphatic carbocycles. The maximum Gasteiger partial charge on any atom is 0.124 e. The first-order valence-electron chi connectivity index (χ1n) is 3.33. The number of thiazole rings is 1. The summed E-state index contributed by atoms with van der Waals surface area (Å²) >= 11 is 1.68. The van der Waals surface area contributed by atoms with Crippen molar-refractivity contribution in [2.75, 3.05) is 13.1 Å². The first kappa shape index (κ1) is 6.27. The van der Waals surface area contributed by atoms with Crippen LogP contribution < -0.4 is 10.6 Å². The zero-order chi connectivity index (χ0) is 6.81. The average molecular weight is 155 g/mol. The number of hydrogen-bond acceptors (Lipinski definition) is 4. The predicted octanol–water partition coefficient (Wildman–Crippen LogP) is 0.334. The molecule has 0 saturated carbocycles. The molecular formula is C6H9N3S. The van der Waals surface area contributed by atoms with Crippen LogP contribution in [0.3, 0.4) is 0 Å². The molecule has 0 radical (unpaired) electrons. The van der Waals surface area contributed by atoms with Gasteiger partial charge in [0.15, 0.2) is 0 Å². The van der Waals surface area contributed by atoms with E-state index in [9.17, 15) is 0 Å². The first-order valence-corrected chi connectivity index (χ1v) is 4.21. The summed E-state index contributed by atoms with van der Waals surface area (Å²) in [5.74, 6) is 0. The molecule has 1 aliphatic heterocycles. The van der Waals surface area contributed by atoms with Gasteiger partial charge in [0.1, 0.15) is 11.2 Å². The van der Waals surface area contributed by atoms with E-state index in [2.05, 4.69) is 15.6 Å². The van der Waals surface area contributed by atoms with Crippen molar-refractivity contribution in [2.24, 2.45) is 0 Å². The van der Waals surface area contributed by atoms with Gasteiger partial charge in [0.2, 0.25) is 0 Å². The van der Waals surface area contributed by atoms with Gasteiger partial charge in [-0.25, -0.2) is 4.98 Å². The molecule has 1 saturated heterocycles. The number of nitrogens with one attached hydrogen (secondary N) is 2. The van der Waals surface area contributed by atoms with Crippen LogP contribution in [-0.4, -0.2) is 18.1 Å². The van der Waals surface area contributed by atoms with E-state index in [1.165, 1.54) is 0 Å². The topological polar surface area (TPSA) is 37.0 Å². The van der Waals surface area contributed by atoms with Crippen molar-refractivity contribution in [1.29, 1.82) is 0 Å². The zero-order valence-corrected chi connectivity index (χ0v) is 6.32. The Kier molecular flexibility index (Phi) is 1.66. The summed E-state index contributed by atoms with van der Waals surface area (Å²) in [6, 6.07) is 0. The third kappa shape index (κ3) is 1.05. The van der Waals surface area contributed by atoms with Crippen LogP contribution in [0.2, 0.25) is 0 Å². The van der Waals surface area contributed by atoms with E-state index in [-0.39, 0.29) is 0 Å². The molecule has 54 valence electrons. The molecule has 1 aliphatic rings. The fourth-order valence-electron chi connectivity index (χ4n) is 1.06. The molecule has 0 atom stereocenters. The lowest BCUT2D eigenvalue weighted by atomic mass is 10.5. The van der Waals surface area contributed by atoms with Gasteiger partial charge in [-0.3, -0.25) is 10.6 Å². The second kappa shape index (κ2) is 2.65. The summed E-state index contributed by atoms with van der Waals surface area (Å²) in [6.07, 6.45) is 2.14. The van der Waals surface area contributed by atoms with Crippen LogP contribution in [0.4, 0.5) is 0 Å².